The van der Waals surface area contributed by atoms with Gasteiger partial charge in [0.1, 0.15) is 17.3 Å². The number of amides is 3. The minimum Gasteiger partial charge on any atom is -0.507 e. The van der Waals surface area contributed by atoms with E-state index >= 15 is 4.79 Å². The Morgan fingerprint density at radius 3 is 2.20 bits per heavy atom. The summed E-state index contributed by atoms with van der Waals surface area (Å²) in [5, 5.41) is 22.8. The van der Waals surface area contributed by atoms with Gasteiger partial charge in [-0.2, -0.15) is 0 Å². The van der Waals surface area contributed by atoms with Crippen LogP contribution in [0.15, 0.2) is 88.9 Å². The first-order chi connectivity index (χ1) is 21.7. The third kappa shape index (κ3) is 3.69. The molecule has 3 heterocycles. The number of primary amides is 1. The first-order valence-corrected chi connectivity index (χ1v) is 14.3. The van der Waals surface area contributed by atoms with Crippen molar-refractivity contribution in [3.8, 4) is 11.5 Å². The number of carbonyl (C=O) groups is 5. The van der Waals surface area contributed by atoms with Gasteiger partial charge in [-0.3, -0.25) is 28.9 Å². The van der Waals surface area contributed by atoms with Crippen molar-refractivity contribution in [1.82, 2.24) is 4.90 Å². The number of allylic oxidation sites excluding steroid dienone is 2. The number of ether oxygens (including phenoxy) is 2. The molecule has 0 radical (unpaired) electrons. The topological polar surface area (TPSA) is 177 Å². The number of ketones is 2. The van der Waals surface area contributed by atoms with Crippen molar-refractivity contribution in [3.05, 3.63) is 94.4 Å². The minimum atomic E-state index is -2.65. The maximum Gasteiger partial charge on any atom is 0.300 e. The fourth-order valence-corrected chi connectivity index (χ4v) is 7.40. The van der Waals surface area contributed by atoms with Crippen LogP contribution in [0.4, 0.5) is 5.69 Å². The first kappa shape index (κ1) is 30.4. The quantitative estimate of drug-likeness (QED) is 0.256. The van der Waals surface area contributed by atoms with E-state index in [-0.39, 0.29) is 29.1 Å². The number of para-hydroxylation sites is 2. The molecule has 0 aromatic heterocycles. The van der Waals surface area contributed by atoms with Gasteiger partial charge in [-0.25, -0.2) is 0 Å². The number of methoxy groups -OCH3 is 2. The number of carbonyl (C=O) groups excluding carboxylic acids is 5. The highest BCUT2D eigenvalue weighted by molar-refractivity contribution is 6.56. The van der Waals surface area contributed by atoms with Crippen LogP contribution in [0.25, 0.3) is 5.76 Å². The Morgan fingerprint density at radius 1 is 0.957 bits per heavy atom. The van der Waals surface area contributed by atoms with E-state index in [1.54, 1.807) is 20.8 Å². The number of hydrogen-bond donors (Lipinski definition) is 3. The summed E-state index contributed by atoms with van der Waals surface area (Å²) < 4.78 is 10.6. The van der Waals surface area contributed by atoms with Crippen LogP contribution in [0, 0.1) is 5.41 Å². The molecule has 2 saturated heterocycles. The highest BCUT2D eigenvalue weighted by Crippen LogP contribution is 2.64. The Hall–Kier alpha value is -5.65. The fourth-order valence-electron chi connectivity index (χ4n) is 7.40. The van der Waals surface area contributed by atoms with Gasteiger partial charge in [-0.05, 0) is 75.7 Å². The molecule has 236 valence electrons. The zero-order valence-electron chi connectivity index (χ0n) is 25.7. The summed E-state index contributed by atoms with van der Waals surface area (Å²) in [4.78, 5) is 72.3. The Morgan fingerprint density at radius 2 is 1.61 bits per heavy atom. The van der Waals surface area contributed by atoms with E-state index in [0.717, 1.165) is 4.90 Å². The third-order valence-electron chi connectivity index (χ3n) is 9.26. The van der Waals surface area contributed by atoms with E-state index in [1.807, 2.05) is 0 Å². The molecule has 4 N–H and O–H groups in total. The van der Waals surface area contributed by atoms with Gasteiger partial charge in [-0.15, -0.1) is 0 Å². The van der Waals surface area contributed by atoms with Gasteiger partial charge in [0.05, 0.1) is 36.5 Å². The lowest BCUT2D eigenvalue weighted by atomic mass is 9.68. The molecule has 3 amide bonds. The predicted molar refractivity (Wildman–Crippen MR) is 164 cm³/mol. The van der Waals surface area contributed by atoms with Crippen molar-refractivity contribution >= 4 is 40.7 Å². The van der Waals surface area contributed by atoms with E-state index in [0.29, 0.717) is 11.3 Å². The second kappa shape index (κ2) is 9.93. The molecule has 2 spiro atoms. The van der Waals surface area contributed by atoms with E-state index in [9.17, 15) is 29.4 Å². The van der Waals surface area contributed by atoms with Crippen LogP contribution in [0.2, 0.25) is 0 Å². The van der Waals surface area contributed by atoms with E-state index < -0.39 is 68.4 Å². The van der Waals surface area contributed by atoms with Crippen LogP contribution in [0.1, 0.15) is 32.8 Å². The number of anilines is 1. The number of hydrogen-bond acceptors (Lipinski definition) is 9. The van der Waals surface area contributed by atoms with Crippen LogP contribution in [0.3, 0.4) is 0 Å². The number of fused-ring (bicyclic) bond motifs is 2. The van der Waals surface area contributed by atoms with Gasteiger partial charge in [0, 0.05) is 16.8 Å². The van der Waals surface area contributed by atoms with Gasteiger partial charge in [-0.1, -0.05) is 17.7 Å². The van der Waals surface area contributed by atoms with E-state index in [2.05, 4.69) is 0 Å². The van der Waals surface area contributed by atoms with Gasteiger partial charge >= 0.3 is 5.91 Å². The Labute approximate surface area is 263 Å². The summed E-state index contributed by atoms with van der Waals surface area (Å²) in [5.41, 5.74) is 0.182. The fraction of sp³-hybridized carbons (Fsp3) is 0.265. The third-order valence-corrected chi connectivity index (χ3v) is 9.26. The van der Waals surface area contributed by atoms with Crippen LogP contribution >= 0.6 is 0 Å². The molecule has 2 fully saturated rings. The summed E-state index contributed by atoms with van der Waals surface area (Å²) in [6, 6.07) is 11.4. The van der Waals surface area contributed by atoms with Crippen molar-refractivity contribution in [3.63, 3.8) is 0 Å². The van der Waals surface area contributed by atoms with E-state index in [1.165, 1.54) is 79.8 Å². The molecule has 12 heteroatoms. The molecular formula is C34H31N3O9. The highest BCUT2D eigenvalue weighted by Gasteiger charge is 2.75. The summed E-state index contributed by atoms with van der Waals surface area (Å²) in [5.74, 6) is -5.92. The molecule has 2 atom stereocenters. The lowest BCUT2D eigenvalue weighted by Gasteiger charge is -2.39. The number of phenols is 1. The summed E-state index contributed by atoms with van der Waals surface area (Å²) >= 11 is 0. The lowest BCUT2D eigenvalue weighted by Crippen LogP contribution is -2.59. The molecule has 2 aromatic rings. The average molecular weight is 626 g/mol. The Kier molecular flexibility index (Phi) is 6.56. The van der Waals surface area contributed by atoms with Crippen molar-refractivity contribution < 1.29 is 43.7 Å². The molecule has 46 heavy (non-hydrogen) atoms. The maximum atomic E-state index is 15.3. The van der Waals surface area contributed by atoms with Crippen LogP contribution in [-0.4, -0.2) is 69.7 Å². The average Bonchev–Trinajstić information content (AvgIpc) is 3.52. The van der Waals surface area contributed by atoms with Crippen LogP contribution in [0.5, 0.6) is 11.5 Å². The largest absolute Gasteiger partial charge is 0.507 e. The predicted octanol–water partition coefficient (Wildman–Crippen LogP) is 2.83. The van der Waals surface area contributed by atoms with Crippen molar-refractivity contribution in [1.29, 1.82) is 0 Å². The van der Waals surface area contributed by atoms with Gasteiger partial charge in [0.2, 0.25) is 11.7 Å². The Balaban J connectivity index is 1.81. The van der Waals surface area contributed by atoms with Crippen LogP contribution < -0.4 is 15.4 Å². The standard InChI is InChI=1S/C34H31N3O9/c1-17-14-22(39)23(46-5)15-33(17)16-32(2,3)37-28(33)25(29(35)42)34(31(37)44)24(26(40)18-10-12-19(45-4)13-11-18)27(41)30(43)36(34)20-8-6-7-9-21(20)38/h6-15,38,40H,16H2,1-5H3,(H2,35,42)/t33-,34+/m1/s1. The number of nitrogens with two attached hydrogens (primary N) is 1. The number of benzene rings is 2. The molecule has 4 aliphatic rings. The van der Waals surface area contributed by atoms with Crippen molar-refractivity contribution in [2.45, 2.75) is 38.3 Å². The number of aliphatic hydroxyl groups is 1. The number of rotatable bonds is 5. The van der Waals surface area contributed by atoms with E-state index in [4.69, 9.17) is 15.2 Å². The summed E-state index contributed by atoms with van der Waals surface area (Å²) in [6.45, 7) is 5.13. The van der Waals surface area contributed by atoms with Gasteiger partial charge in [0.15, 0.2) is 11.3 Å². The normalized spacial score (nSPS) is 26.2. The SMILES string of the molecule is COC1=C[C@@]2(CC(C)(C)N3C(=O)[C@]4(C(=C(O)c5ccc(OC)cc5)C(=O)C(=O)N4c4ccccc4O)C(C(N)=O)=C32)C(C)=CC1=O. The molecule has 0 unspecified atom stereocenters. The lowest BCUT2D eigenvalue weighted by molar-refractivity contribution is -0.135. The number of aromatic hydroxyl groups is 1. The second-order valence-corrected chi connectivity index (χ2v) is 12.2. The summed E-state index contributed by atoms with van der Waals surface area (Å²) in [6.07, 6.45) is 3.04. The zero-order valence-corrected chi connectivity index (χ0v) is 25.7. The number of phenolic OH excluding ortho intramolecular Hbond substituents is 1. The molecule has 3 aliphatic heterocycles. The van der Waals surface area contributed by atoms with Gasteiger partial charge in [0.25, 0.3) is 11.7 Å². The molecule has 0 bridgehead atoms. The maximum absolute atomic E-state index is 15.3. The Bertz CT molecular complexity index is 1920. The molecular weight excluding hydrogens is 594 g/mol. The number of aliphatic hydroxyl groups excluding tert-OH is 1. The number of nitrogens with zero attached hydrogens (tertiary/aromatic N) is 2. The molecule has 0 saturated carbocycles. The molecule has 2 aromatic carbocycles. The highest BCUT2D eigenvalue weighted by atomic mass is 16.5. The second-order valence-electron chi connectivity index (χ2n) is 12.2. The number of Topliss-reactive ketones (excluding diaryl/α,β-unsaturated/α-hetero) is 1. The van der Waals surface area contributed by atoms with Gasteiger partial charge < -0.3 is 30.3 Å². The summed E-state index contributed by atoms with van der Waals surface area (Å²) in [7, 11) is 2.76. The zero-order chi connectivity index (χ0) is 33.5. The molecule has 1 aliphatic carbocycles. The monoisotopic (exact) mass is 625 g/mol. The van der Waals surface area contributed by atoms with Crippen LogP contribution in [-0.2, 0) is 28.7 Å². The van der Waals surface area contributed by atoms with Crippen molar-refractivity contribution in [2.24, 2.45) is 11.1 Å². The smallest absolute Gasteiger partial charge is 0.300 e. The molecule has 12 nitrogen and oxygen atoms in total. The van der Waals surface area contributed by atoms with Crippen molar-refractivity contribution in [2.75, 3.05) is 19.1 Å². The molecule has 6 rings (SSSR count). The minimum absolute atomic E-state index is 0.0359. The first-order valence-electron chi connectivity index (χ1n) is 14.3.